The van der Waals surface area contributed by atoms with Gasteiger partial charge in [-0.25, -0.2) is 0 Å². The largest absolute Gasteiger partial charge is 0.497 e. The average molecular weight is 233 g/mol. The first kappa shape index (κ1) is 11.5. The Hall–Kier alpha value is -1.97. The first-order valence-electron chi connectivity index (χ1n) is 5.53. The topological polar surface area (TPSA) is 65.5 Å². The van der Waals surface area contributed by atoms with E-state index in [9.17, 15) is 4.79 Å². The average Bonchev–Trinajstić information content (AvgIpc) is 2.71. The lowest BCUT2D eigenvalue weighted by Gasteiger charge is -2.00. The molecule has 0 saturated carbocycles. The molecule has 4 nitrogen and oxygen atoms in total. The Morgan fingerprint density at radius 1 is 1.47 bits per heavy atom. The van der Waals surface area contributed by atoms with Crippen LogP contribution in [0.15, 0.2) is 28.9 Å². The second-order valence-electron chi connectivity index (χ2n) is 3.94. The second-order valence-corrected chi connectivity index (χ2v) is 3.94. The van der Waals surface area contributed by atoms with Gasteiger partial charge in [0, 0.05) is 11.8 Å². The zero-order valence-corrected chi connectivity index (χ0v) is 9.73. The fourth-order valence-corrected chi connectivity index (χ4v) is 1.83. The van der Waals surface area contributed by atoms with Gasteiger partial charge in [0.25, 0.3) is 0 Å². The Kier molecular flexibility index (Phi) is 3.32. The van der Waals surface area contributed by atoms with Crippen molar-refractivity contribution in [1.29, 1.82) is 0 Å². The van der Waals surface area contributed by atoms with Crippen molar-refractivity contribution in [3.05, 3.63) is 30.0 Å². The van der Waals surface area contributed by atoms with Crippen LogP contribution in [0.4, 0.5) is 0 Å². The smallest absolute Gasteiger partial charge is 0.217 e. The minimum Gasteiger partial charge on any atom is -0.497 e. The number of carbonyl (C=O) groups is 1. The van der Waals surface area contributed by atoms with E-state index < -0.39 is 0 Å². The van der Waals surface area contributed by atoms with Crippen molar-refractivity contribution in [2.75, 3.05) is 7.11 Å². The van der Waals surface area contributed by atoms with E-state index in [-0.39, 0.29) is 5.91 Å². The van der Waals surface area contributed by atoms with E-state index in [1.165, 1.54) is 0 Å². The minimum absolute atomic E-state index is 0.268. The van der Waals surface area contributed by atoms with Crippen LogP contribution in [0.1, 0.15) is 18.4 Å². The number of amides is 1. The molecule has 2 rings (SSSR count). The summed E-state index contributed by atoms with van der Waals surface area (Å²) in [4.78, 5) is 10.7. The highest BCUT2D eigenvalue weighted by molar-refractivity contribution is 5.82. The van der Waals surface area contributed by atoms with Gasteiger partial charge in [-0.2, -0.15) is 0 Å². The summed E-state index contributed by atoms with van der Waals surface area (Å²) >= 11 is 0. The van der Waals surface area contributed by atoms with E-state index in [2.05, 4.69) is 0 Å². The number of hydrogen-bond donors (Lipinski definition) is 1. The summed E-state index contributed by atoms with van der Waals surface area (Å²) in [6, 6.07) is 5.68. The van der Waals surface area contributed by atoms with Crippen molar-refractivity contribution in [2.24, 2.45) is 5.73 Å². The predicted molar refractivity (Wildman–Crippen MR) is 64.9 cm³/mol. The molecule has 0 unspecified atom stereocenters. The molecule has 0 bridgehead atoms. The van der Waals surface area contributed by atoms with Crippen LogP contribution in [0, 0.1) is 0 Å². The van der Waals surface area contributed by atoms with Gasteiger partial charge >= 0.3 is 0 Å². The molecule has 0 spiro atoms. The van der Waals surface area contributed by atoms with Crippen molar-refractivity contribution in [2.45, 2.75) is 19.3 Å². The molecule has 1 aromatic heterocycles. The van der Waals surface area contributed by atoms with Crippen LogP contribution in [-0.4, -0.2) is 13.0 Å². The third-order valence-electron chi connectivity index (χ3n) is 2.73. The van der Waals surface area contributed by atoms with E-state index in [1.54, 1.807) is 13.4 Å². The molecule has 1 heterocycles. The molecule has 0 aliphatic carbocycles. The molecule has 4 heteroatoms. The van der Waals surface area contributed by atoms with Gasteiger partial charge in [-0.05, 0) is 36.6 Å². The molecule has 0 atom stereocenters. The number of aryl methyl sites for hydroxylation is 1. The van der Waals surface area contributed by atoms with Gasteiger partial charge in [-0.1, -0.05) is 0 Å². The molecule has 1 amide bonds. The molecular weight excluding hydrogens is 218 g/mol. The van der Waals surface area contributed by atoms with E-state index >= 15 is 0 Å². The van der Waals surface area contributed by atoms with Gasteiger partial charge in [0.05, 0.1) is 13.4 Å². The van der Waals surface area contributed by atoms with Crippen LogP contribution in [0.2, 0.25) is 0 Å². The van der Waals surface area contributed by atoms with Crippen molar-refractivity contribution in [3.63, 3.8) is 0 Å². The van der Waals surface area contributed by atoms with Crippen LogP contribution in [0.25, 0.3) is 11.0 Å². The summed E-state index contributed by atoms with van der Waals surface area (Å²) in [5.41, 5.74) is 7.02. The first-order valence-corrected chi connectivity index (χ1v) is 5.53. The zero-order valence-electron chi connectivity index (χ0n) is 9.73. The predicted octanol–water partition coefficient (Wildman–Crippen LogP) is 2.25. The molecule has 2 aromatic rings. The van der Waals surface area contributed by atoms with Crippen molar-refractivity contribution in [3.8, 4) is 5.75 Å². The fourth-order valence-electron chi connectivity index (χ4n) is 1.83. The van der Waals surface area contributed by atoms with Gasteiger partial charge < -0.3 is 14.9 Å². The zero-order chi connectivity index (χ0) is 12.3. The molecular formula is C13H15NO3. The van der Waals surface area contributed by atoms with Crippen LogP contribution in [-0.2, 0) is 11.2 Å². The number of nitrogens with two attached hydrogens (primary N) is 1. The van der Waals surface area contributed by atoms with Gasteiger partial charge in [0.1, 0.15) is 11.3 Å². The number of rotatable bonds is 5. The summed E-state index contributed by atoms with van der Waals surface area (Å²) in [6.07, 6.45) is 3.64. The molecule has 0 aliphatic heterocycles. The second kappa shape index (κ2) is 4.91. The third kappa shape index (κ3) is 2.58. The number of hydrogen-bond acceptors (Lipinski definition) is 3. The SMILES string of the molecule is COc1ccc2occ(CCCC(N)=O)c2c1. The van der Waals surface area contributed by atoms with Crippen molar-refractivity contribution >= 4 is 16.9 Å². The quantitative estimate of drug-likeness (QED) is 0.861. The third-order valence-corrected chi connectivity index (χ3v) is 2.73. The Balaban J connectivity index is 2.19. The number of furan rings is 1. The summed E-state index contributed by atoms with van der Waals surface area (Å²) in [6.45, 7) is 0. The van der Waals surface area contributed by atoms with Gasteiger partial charge in [-0.15, -0.1) is 0 Å². The Morgan fingerprint density at radius 3 is 3.00 bits per heavy atom. The van der Waals surface area contributed by atoms with E-state index in [1.807, 2.05) is 18.2 Å². The Labute approximate surface area is 99.3 Å². The number of benzene rings is 1. The van der Waals surface area contributed by atoms with Crippen LogP contribution in [0.5, 0.6) is 5.75 Å². The Morgan fingerprint density at radius 2 is 2.29 bits per heavy atom. The van der Waals surface area contributed by atoms with E-state index in [0.29, 0.717) is 6.42 Å². The van der Waals surface area contributed by atoms with Crippen LogP contribution in [0.3, 0.4) is 0 Å². The van der Waals surface area contributed by atoms with Crippen molar-refractivity contribution < 1.29 is 13.9 Å². The minimum atomic E-state index is -0.268. The lowest BCUT2D eigenvalue weighted by molar-refractivity contribution is -0.118. The maximum Gasteiger partial charge on any atom is 0.217 e. The lowest BCUT2D eigenvalue weighted by atomic mass is 10.1. The Bertz CT molecular complexity index is 530. The standard InChI is InChI=1S/C13H15NO3/c1-16-10-5-6-12-11(7-10)9(8-17-12)3-2-4-13(14)15/h5-8H,2-4H2,1H3,(H2,14,15). The van der Waals surface area contributed by atoms with E-state index in [4.69, 9.17) is 14.9 Å². The molecule has 0 radical (unpaired) electrons. The molecule has 90 valence electrons. The molecule has 0 fully saturated rings. The van der Waals surface area contributed by atoms with E-state index in [0.717, 1.165) is 35.1 Å². The van der Waals surface area contributed by atoms with Crippen molar-refractivity contribution in [1.82, 2.24) is 0 Å². The highest BCUT2D eigenvalue weighted by Gasteiger charge is 2.07. The first-order chi connectivity index (χ1) is 8.20. The maximum atomic E-state index is 10.7. The number of carbonyl (C=O) groups excluding carboxylic acids is 1. The van der Waals surface area contributed by atoms with Gasteiger partial charge in [-0.3, -0.25) is 4.79 Å². The summed E-state index contributed by atoms with van der Waals surface area (Å²) < 4.78 is 10.6. The number of methoxy groups -OCH3 is 1. The molecule has 2 N–H and O–H groups in total. The highest BCUT2D eigenvalue weighted by atomic mass is 16.5. The fraction of sp³-hybridized carbons (Fsp3) is 0.308. The summed E-state index contributed by atoms with van der Waals surface area (Å²) in [7, 11) is 1.63. The molecule has 17 heavy (non-hydrogen) atoms. The highest BCUT2D eigenvalue weighted by Crippen LogP contribution is 2.26. The normalized spacial score (nSPS) is 10.6. The number of ether oxygens (including phenoxy) is 1. The number of fused-ring (bicyclic) bond motifs is 1. The summed E-state index contributed by atoms with van der Waals surface area (Å²) in [5, 5.41) is 1.04. The molecule has 0 aliphatic rings. The van der Waals surface area contributed by atoms with Crippen LogP contribution >= 0.6 is 0 Å². The monoisotopic (exact) mass is 233 g/mol. The maximum absolute atomic E-state index is 10.7. The lowest BCUT2D eigenvalue weighted by Crippen LogP contribution is -2.10. The summed E-state index contributed by atoms with van der Waals surface area (Å²) in [5.74, 6) is 0.533. The number of primary amides is 1. The molecule has 0 saturated heterocycles. The van der Waals surface area contributed by atoms with Gasteiger partial charge in [0.15, 0.2) is 0 Å². The van der Waals surface area contributed by atoms with Crippen LogP contribution < -0.4 is 10.5 Å². The van der Waals surface area contributed by atoms with Gasteiger partial charge in [0.2, 0.25) is 5.91 Å². The molecule has 1 aromatic carbocycles.